The Morgan fingerprint density at radius 1 is 0.692 bits per heavy atom. The lowest BCUT2D eigenvalue weighted by Gasteiger charge is -2.02. The van der Waals surface area contributed by atoms with Crippen LogP contribution in [0.5, 0.6) is 0 Å². The first-order valence-corrected chi connectivity index (χ1v) is 8.49. The van der Waals surface area contributed by atoms with Gasteiger partial charge in [-0.1, -0.05) is 78.4 Å². The monoisotopic (exact) mass is 338 g/mol. The maximum atomic E-state index is 4.67. The van der Waals surface area contributed by atoms with Crippen LogP contribution in [0, 0.1) is 6.92 Å². The van der Waals surface area contributed by atoms with Gasteiger partial charge in [0.2, 0.25) is 5.95 Å². The Labute approximate surface area is 152 Å². The highest BCUT2D eigenvalue weighted by Gasteiger charge is 2.13. The molecule has 0 spiro atoms. The van der Waals surface area contributed by atoms with Gasteiger partial charge in [0.15, 0.2) is 0 Å². The molecule has 0 saturated carbocycles. The van der Waals surface area contributed by atoms with Crippen molar-refractivity contribution in [2.45, 2.75) is 6.92 Å². The Hall–Kier alpha value is -3.53. The van der Waals surface area contributed by atoms with Crippen LogP contribution >= 0.6 is 0 Å². The Kier molecular flexibility index (Phi) is 4.39. The molecule has 0 fully saturated rings. The molecule has 4 aromatic rings. The molecule has 0 bridgehead atoms. The van der Waals surface area contributed by atoms with Crippen molar-refractivity contribution in [3.63, 3.8) is 0 Å². The van der Waals surface area contributed by atoms with Crippen molar-refractivity contribution < 1.29 is 0 Å². The molecule has 0 atom stereocenters. The summed E-state index contributed by atoms with van der Waals surface area (Å²) < 4.78 is 0. The number of H-pyrrole nitrogens is 1. The molecule has 0 radical (unpaired) electrons. The normalized spacial score (nSPS) is 11.1. The number of nitrogens with zero attached hydrogens (tertiary/aromatic N) is 3. The standard InChI is InChI=1S/C22H18N4/c1-16-12-14-19(15-13-16)25-26-22-23-20(17-8-4-2-5-9-17)21(24-22)18-10-6-3-7-11-18/h2-15H,1H3,(H,23,24). The van der Waals surface area contributed by atoms with E-state index in [0.717, 1.165) is 28.2 Å². The predicted octanol–water partition coefficient (Wildman–Crippen LogP) is 6.47. The number of aromatic nitrogens is 2. The van der Waals surface area contributed by atoms with Crippen LogP contribution in [0.1, 0.15) is 5.56 Å². The number of nitrogens with one attached hydrogen (secondary N) is 1. The lowest BCUT2D eigenvalue weighted by molar-refractivity contribution is 1.12. The third-order valence-corrected chi connectivity index (χ3v) is 4.10. The van der Waals surface area contributed by atoms with Crippen LogP contribution in [0.15, 0.2) is 95.2 Å². The second kappa shape index (κ2) is 7.15. The minimum Gasteiger partial charge on any atom is -0.320 e. The van der Waals surface area contributed by atoms with Crippen molar-refractivity contribution in [3.8, 4) is 22.5 Å². The van der Waals surface area contributed by atoms with Crippen LogP contribution in [0.3, 0.4) is 0 Å². The van der Waals surface area contributed by atoms with E-state index in [1.165, 1.54) is 5.56 Å². The molecule has 0 aliphatic rings. The zero-order chi connectivity index (χ0) is 17.8. The summed E-state index contributed by atoms with van der Waals surface area (Å²) in [5, 5.41) is 8.59. The number of benzene rings is 3. The van der Waals surface area contributed by atoms with Gasteiger partial charge in [-0.15, -0.1) is 10.2 Å². The van der Waals surface area contributed by atoms with E-state index in [4.69, 9.17) is 0 Å². The number of hydrogen-bond acceptors (Lipinski definition) is 3. The number of imidazole rings is 1. The van der Waals surface area contributed by atoms with E-state index in [2.05, 4.69) is 32.3 Å². The minimum absolute atomic E-state index is 0.489. The van der Waals surface area contributed by atoms with Crippen molar-refractivity contribution >= 4 is 11.6 Å². The van der Waals surface area contributed by atoms with Gasteiger partial charge in [0.1, 0.15) is 0 Å². The van der Waals surface area contributed by atoms with Gasteiger partial charge in [0.25, 0.3) is 0 Å². The summed E-state index contributed by atoms with van der Waals surface area (Å²) in [5.41, 5.74) is 5.91. The van der Waals surface area contributed by atoms with Gasteiger partial charge in [-0.3, -0.25) is 0 Å². The Bertz CT molecular complexity index is 960. The second-order valence-corrected chi connectivity index (χ2v) is 6.05. The number of aryl methyl sites for hydroxylation is 1. The quantitative estimate of drug-likeness (QED) is 0.426. The Balaban J connectivity index is 1.75. The molecular formula is C22H18N4. The number of aromatic amines is 1. The summed E-state index contributed by atoms with van der Waals surface area (Å²) in [6.45, 7) is 2.05. The zero-order valence-electron chi connectivity index (χ0n) is 14.4. The van der Waals surface area contributed by atoms with Crippen molar-refractivity contribution in [1.29, 1.82) is 0 Å². The number of azo groups is 1. The van der Waals surface area contributed by atoms with Crippen molar-refractivity contribution in [2.24, 2.45) is 10.2 Å². The molecule has 0 amide bonds. The molecule has 1 N–H and O–H groups in total. The molecule has 4 heteroatoms. The van der Waals surface area contributed by atoms with E-state index < -0.39 is 0 Å². The maximum absolute atomic E-state index is 4.67. The van der Waals surface area contributed by atoms with Crippen LogP contribution in [0.25, 0.3) is 22.5 Å². The first-order valence-electron chi connectivity index (χ1n) is 8.49. The van der Waals surface area contributed by atoms with E-state index in [1.54, 1.807) is 0 Å². The Morgan fingerprint density at radius 3 is 1.96 bits per heavy atom. The molecule has 0 aliphatic heterocycles. The summed E-state index contributed by atoms with van der Waals surface area (Å²) in [7, 11) is 0. The predicted molar refractivity (Wildman–Crippen MR) is 105 cm³/mol. The molecule has 1 aromatic heterocycles. The van der Waals surface area contributed by atoms with Crippen LogP contribution < -0.4 is 0 Å². The van der Waals surface area contributed by atoms with Crippen molar-refractivity contribution in [3.05, 3.63) is 90.5 Å². The molecule has 126 valence electrons. The fraction of sp³-hybridized carbons (Fsp3) is 0.0455. The fourth-order valence-corrected chi connectivity index (χ4v) is 2.74. The molecule has 4 rings (SSSR count). The summed E-state index contributed by atoms with van der Waals surface area (Å²) in [6, 6.07) is 28.2. The Morgan fingerprint density at radius 2 is 1.31 bits per heavy atom. The third-order valence-electron chi connectivity index (χ3n) is 4.10. The molecule has 4 nitrogen and oxygen atoms in total. The van der Waals surface area contributed by atoms with Gasteiger partial charge in [-0.2, -0.15) is 0 Å². The topological polar surface area (TPSA) is 53.4 Å². The summed E-state index contributed by atoms with van der Waals surface area (Å²) in [5.74, 6) is 0.489. The van der Waals surface area contributed by atoms with Crippen LogP contribution in [0.4, 0.5) is 11.6 Å². The highest BCUT2D eigenvalue weighted by molar-refractivity contribution is 5.79. The van der Waals surface area contributed by atoms with Crippen molar-refractivity contribution in [1.82, 2.24) is 9.97 Å². The first kappa shape index (κ1) is 16.0. The van der Waals surface area contributed by atoms with E-state index >= 15 is 0 Å². The van der Waals surface area contributed by atoms with Crippen LogP contribution in [0.2, 0.25) is 0 Å². The lowest BCUT2D eigenvalue weighted by atomic mass is 10.1. The van der Waals surface area contributed by atoms with Gasteiger partial charge in [-0.05, 0) is 19.1 Å². The second-order valence-electron chi connectivity index (χ2n) is 6.05. The highest BCUT2D eigenvalue weighted by Crippen LogP contribution is 2.32. The van der Waals surface area contributed by atoms with Crippen LogP contribution in [-0.2, 0) is 0 Å². The maximum Gasteiger partial charge on any atom is 0.247 e. The fourth-order valence-electron chi connectivity index (χ4n) is 2.74. The zero-order valence-corrected chi connectivity index (χ0v) is 14.4. The van der Waals surface area contributed by atoms with Crippen molar-refractivity contribution in [2.75, 3.05) is 0 Å². The average molecular weight is 338 g/mol. The average Bonchev–Trinajstić information content (AvgIpc) is 3.13. The highest BCUT2D eigenvalue weighted by atomic mass is 15.2. The van der Waals surface area contributed by atoms with Crippen LogP contribution in [-0.4, -0.2) is 9.97 Å². The summed E-state index contributed by atoms with van der Waals surface area (Å²) >= 11 is 0. The smallest absolute Gasteiger partial charge is 0.247 e. The van der Waals surface area contributed by atoms with E-state index in [9.17, 15) is 0 Å². The van der Waals surface area contributed by atoms with Gasteiger partial charge in [0.05, 0.1) is 17.1 Å². The molecule has 0 aliphatic carbocycles. The van der Waals surface area contributed by atoms with Gasteiger partial charge < -0.3 is 4.98 Å². The van der Waals surface area contributed by atoms with Gasteiger partial charge in [-0.25, -0.2) is 4.98 Å². The molecule has 0 saturated heterocycles. The van der Waals surface area contributed by atoms with E-state index in [-0.39, 0.29) is 0 Å². The molecule has 1 heterocycles. The van der Waals surface area contributed by atoms with E-state index in [0.29, 0.717) is 5.95 Å². The largest absolute Gasteiger partial charge is 0.320 e. The number of hydrogen-bond donors (Lipinski definition) is 1. The molecule has 3 aromatic carbocycles. The first-order chi connectivity index (χ1) is 12.8. The molecular weight excluding hydrogens is 320 g/mol. The molecule has 26 heavy (non-hydrogen) atoms. The SMILES string of the molecule is Cc1ccc(N=Nc2nc(-c3ccccc3)c(-c3ccccc3)[nH]2)cc1. The van der Waals surface area contributed by atoms with Gasteiger partial charge in [0, 0.05) is 11.1 Å². The summed E-state index contributed by atoms with van der Waals surface area (Å²) in [4.78, 5) is 7.98. The summed E-state index contributed by atoms with van der Waals surface area (Å²) in [6.07, 6.45) is 0. The third kappa shape index (κ3) is 3.44. The molecule has 0 unspecified atom stereocenters. The lowest BCUT2D eigenvalue weighted by Crippen LogP contribution is -1.82. The van der Waals surface area contributed by atoms with Gasteiger partial charge >= 0.3 is 0 Å². The minimum atomic E-state index is 0.489. The number of rotatable bonds is 4. The van der Waals surface area contributed by atoms with E-state index in [1.807, 2.05) is 79.7 Å².